The van der Waals surface area contributed by atoms with Gasteiger partial charge in [-0.1, -0.05) is 18.2 Å². The lowest BCUT2D eigenvalue weighted by Gasteiger charge is -2.24. The molecule has 0 aliphatic carbocycles. The van der Waals surface area contributed by atoms with E-state index in [0.717, 1.165) is 6.54 Å². The van der Waals surface area contributed by atoms with Crippen LogP contribution in [0.4, 0.5) is 0 Å². The maximum atomic E-state index is 11.5. The second-order valence-corrected chi connectivity index (χ2v) is 5.74. The molecule has 102 valence electrons. The van der Waals surface area contributed by atoms with Gasteiger partial charge in [0.2, 0.25) is 0 Å². The van der Waals surface area contributed by atoms with Gasteiger partial charge < -0.3 is 4.74 Å². The number of rotatable bonds is 5. The molecule has 1 heterocycles. The number of methoxy groups -OCH3 is 1. The minimum Gasteiger partial charge on any atom is -0.468 e. The van der Waals surface area contributed by atoms with Gasteiger partial charge in [0.25, 0.3) is 0 Å². The van der Waals surface area contributed by atoms with Crippen LogP contribution in [-0.2, 0) is 16.1 Å². The second kappa shape index (κ2) is 6.17. The Kier molecular flexibility index (Phi) is 4.56. The first kappa shape index (κ1) is 14.0. The zero-order valence-corrected chi connectivity index (χ0v) is 12.4. The van der Waals surface area contributed by atoms with Crippen LogP contribution >= 0.6 is 11.3 Å². The Balaban J connectivity index is 2.19. The summed E-state index contributed by atoms with van der Waals surface area (Å²) in [5.74, 6) is -0.187. The van der Waals surface area contributed by atoms with Crippen LogP contribution in [0.2, 0.25) is 0 Å². The average molecular weight is 277 g/mol. The van der Waals surface area contributed by atoms with Gasteiger partial charge in [0, 0.05) is 17.3 Å². The third kappa shape index (κ3) is 3.33. The van der Waals surface area contributed by atoms with Crippen LogP contribution in [0.25, 0.3) is 10.1 Å². The zero-order chi connectivity index (χ0) is 13.8. The fraction of sp³-hybridized carbons (Fsp3) is 0.400. The first-order valence-corrected chi connectivity index (χ1v) is 7.25. The molecule has 0 radical (unpaired) electrons. The normalized spacial score (nSPS) is 11.4. The molecule has 2 rings (SSSR count). The summed E-state index contributed by atoms with van der Waals surface area (Å²) in [5.41, 5.74) is 1.28. The van der Waals surface area contributed by atoms with Crippen molar-refractivity contribution in [1.29, 1.82) is 0 Å². The number of benzene rings is 1. The van der Waals surface area contributed by atoms with Crippen LogP contribution in [0, 0.1) is 0 Å². The fourth-order valence-corrected chi connectivity index (χ4v) is 2.98. The molecule has 0 saturated heterocycles. The highest BCUT2D eigenvalue weighted by atomic mass is 32.1. The van der Waals surface area contributed by atoms with E-state index >= 15 is 0 Å². The minimum absolute atomic E-state index is 0.187. The van der Waals surface area contributed by atoms with Crippen LogP contribution in [0.1, 0.15) is 19.4 Å². The van der Waals surface area contributed by atoms with Gasteiger partial charge in [0.1, 0.15) is 0 Å². The van der Waals surface area contributed by atoms with Gasteiger partial charge in [-0.05, 0) is 36.2 Å². The minimum atomic E-state index is -0.187. The maximum absolute atomic E-state index is 11.5. The van der Waals surface area contributed by atoms with E-state index in [0.29, 0.717) is 12.6 Å². The highest BCUT2D eigenvalue weighted by Crippen LogP contribution is 2.27. The standard InChI is InChI=1S/C15H19NO2S/c1-11(2)16(9-15(17)18-3)8-12-10-19-14-7-5-4-6-13(12)14/h4-7,10-11H,8-9H2,1-3H3. The monoisotopic (exact) mass is 277 g/mol. The Bertz CT molecular complexity index is 562. The van der Waals surface area contributed by atoms with E-state index in [9.17, 15) is 4.79 Å². The summed E-state index contributed by atoms with van der Waals surface area (Å²) < 4.78 is 6.05. The molecule has 19 heavy (non-hydrogen) atoms. The third-order valence-corrected chi connectivity index (χ3v) is 4.24. The number of esters is 1. The summed E-state index contributed by atoms with van der Waals surface area (Å²) in [6.07, 6.45) is 0. The van der Waals surface area contributed by atoms with Crippen molar-refractivity contribution in [2.24, 2.45) is 0 Å². The SMILES string of the molecule is COC(=O)CN(Cc1csc2ccccc12)C(C)C. The van der Waals surface area contributed by atoms with Gasteiger partial charge in [0.05, 0.1) is 13.7 Å². The molecular formula is C15H19NO2S. The predicted octanol–water partition coefficient (Wildman–Crippen LogP) is 3.28. The lowest BCUT2D eigenvalue weighted by Crippen LogP contribution is -2.35. The lowest BCUT2D eigenvalue weighted by molar-refractivity contribution is -0.142. The number of hydrogen-bond acceptors (Lipinski definition) is 4. The molecule has 0 amide bonds. The number of fused-ring (bicyclic) bond motifs is 1. The molecule has 0 aliphatic rings. The molecule has 4 heteroatoms. The molecule has 3 nitrogen and oxygen atoms in total. The molecule has 0 fully saturated rings. The molecule has 1 aromatic carbocycles. The fourth-order valence-electron chi connectivity index (χ4n) is 2.03. The third-order valence-electron chi connectivity index (χ3n) is 3.22. The number of carbonyl (C=O) groups excluding carboxylic acids is 1. The van der Waals surface area contributed by atoms with Gasteiger partial charge in [-0.2, -0.15) is 0 Å². The first-order chi connectivity index (χ1) is 9.11. The zero-order valence-electron chi connectivity index (χ0n) is 11.6. The Hall–Kier alpha value is -1.39. The van der Waals surface area contributed by atoms with Crippen molar-refractivity contribution >= 4 is 27.4 Å². The van der Waals surface area contributed by atoms with Crippen molar-refractivity contribution in [3.8, 4) is 0 Å². The van der Waals surface area contributed by atoms with Crippen molar-refractivity contribution in [2.75, 3.05) is 13.7 Å². The van der Waals surface area contributed by atoms with E-state index in [1.807, 2.05) is 0 Å². The lowest BCUT2D eigenvalue weighted by atomic mass is 10.1. The highest BCUT2D eigenvalue weighted by Gasteiger charge is 2.16. The van der Waals surface area contributed by atoms with Crippen LogP contribution < -0.4 is 0 Å². The van der Waals surface area contributed by atoms with Crippen molar-refractivity contribution < 1.29 is 9.53 Å². The van der Waals surface area contributed by atoms with E-state index < -0.39 is 0 Å². The van der Waals surface area contributed by atoms with E-state index in [1.54, 1.807) is 11.3 Å². The second-order valence-electron chi connectivity index (χ2n) is 4.83. The highest BCUT2D eigenvalue weighted by molar-refractivity contribution is 7.17. The molecule has 0 N–H and O–H groups in total. The Morgan fingerprint density at radius 3 is 2.79 bits per heavy atom. The van der Waals surface area contributed by atoms with Crippen molar-refractivity contribution in [1.82, 2.24) is 4.90 Å². The van der Waals surface area contributed by atoms with Gasteiger partial charge >= 0.3 is 5.97 Å². The Morgan fingerprint density at radius 1 is 1.37 bits per heavy atom. The van der Waals surface area contributed by atoms with Crippen LogP contribution in [-0.4, -0.2) is 30.6 Å². The molecule has 0 aliphatic heterocycles. The molecule has 0 spiro atoms. The first-order valence-electron chi connectivity index (χ1n) is 6.37. The molecule has 2 aromatic rings. The number of hydrogen-bond donors (Lipinski definition) is 0. The summed E-state index contributed by atoms with van der Waals surface area (Å²) >= 11 is 1.75. The summed E-state index contributed by atoms with van der Waals surface area (Å²) in [6.45, 7) is 5.30. The number of ether oxygens (including phenoxy) is 1. The van der Waals surface area contributed by atoms with Crippen molar-refractivity contribution in [2.45, 2.75) is 26.4 Å². The van der Waals surface area contributed by atoms with E-state index in [2.05, 4.69) is 48.4 Å². The molecule has 0 bridgehead atoms. The summed E-state index contributed by atoms with van der Waals surface area (Å²) in [5, 5.41) is 3.46. The number of nitrogens with zero attached hydrogens (tertiary/aromatic N) is 1. The Morgan fingerprint density at radius 2 is 2.11 bits per heavy atom. The van der Waals surface area contributed by atoms with Gasteiger partial charge in [-0.3, -0.25) is 9.69 Å². The molecule has 0 saturated carbocycles. The summed E-state index contributed by atoms with van der Waals surface area (Å²) in [6, 6.07) is 8.68. The van der Waals surface area contributed by atoms with Gasteiger partial charge in [-0.25, -0.2) is 0 Å². The van der Waals surface area contributed by atoms with Crippen LogP contribution in [0.3, 0.4) is 0 Å². The average Bonchev–Trinajstić information content (AvgIpc) is 2.81. The Labute approximate surface area is 117 Å². The van der Waals surface area contributed by atoms with E-state index in [4.69, 9.17) is 4.74 Å². The van der Waals surface area contributed by atoms with Crippen LogP contribution in [0.15, 0.2) is 29.6 Å². The largest absolute Gasteiger partial charge is 0.468 e. The van der Waals surface area contributed by atoms with Gasteiger partial charge in [0.15, 0.2) is 0 Å². The number of thiophene rings is 1. The van der Waals surface area contributed by atoms with E-state index in [-0.39, 0.29) is 5.97 Å². The molecule has 0 unspecified atom stereocenters. The molecule has 1 aromatic heterocycles. The maximum Gasteiger partial charge on any atom is 0.319 e. The van der Waals surface area contributed by atoms with Gasteiger partial charge in [-0.15, -0.1) is 11.3 Å². The molecular weight excluding hydrogens is 258 g/mol. The van der Waals surface area contributed by atoms with Crippen molar-refractivity contribution in [3.05, 3.63) is 35.2 Å². The van der Waals surface area contributed by atoms with Crippen LogP contribution in [0.5, 0.6) is 0 Å². The topological polar surface area (TPSA) is 29.5 Å². The summed E-state index contributed by atoms with van der Waals surface area (Å²) in [4.78, 5) is 13.6. The smallest absolute Gasteiger partial charge is 0.319 e. The number of carbonyl (C=O) groups is 1. The molecule has 0 atom stereocenters. The van der Waals surface area contributed by atoms with Crippen molar-refractivity contribution in [3.63, 3.8) is 0 Å². The quantitative estimate of drug-likeness (QED) is 0.785. The van der Waals surface area contributed by atoms with E-state index in [1.165, 1.54) is 22.8 Å². The summed E-state index contributed by atoms with van der Waals surface area (Å²) in [7, 11) is 1.43. The predicted molar refractivity (Wildman–Crippen MR) is 79.4 cm³/mol.